The summed E-state index contributed by atoms with van der Waals surface area (Å²) < 4.78 is 7.62. The first-order valence-corrected chi connectivity index (χ1v) is 5.03. The molecule has 0 amide bonds. The Labute approximate surface area is 88.9 Å². The third-order valence-corrected chi connectivity index (χ3v) is 2.07. The summed E-state index contributed by atoms with van der Waals surface area (Å²) in [5.41, 5.74) is 0.887. The number of anilines is 1. The van der Waals surface area contributed by atoms with E-state index in [1.807, 2.05) is 49.7 Å². The maximum Gasteiger partial charge on any atom is 0.199 e. The predicted octanol–water partition coefficient (Wildman–Crippen LogP) is 2.16. The highest BCUT2D eigenvalue weighted by Gasteiger charge is 2.05. The second kappa shape index (κ2) is 3.81. The van der Waals surface area contributed by atoms with Gasteiger partial charge in [0.1, 0.15) is 11.5 Å². The van der Waals surface area contributed by atoms with Gasteiger partial charge in [0.2, 0.25) is 0 Å². The summed E-state index contributed by atoms with van der Waals surface area (Å²) in [6, 6.07) is 5.83. The third kappa shape index (κ3) is 1.88. The van der Waals surface area contributed by atoms with E-state index in [4.69, 9.17) is 4.74 Å². The fraction of sp³-hybridized carbons (Fsp3) is 0.364. The van der Waals surface area contributed by atoms with Crippen molar-refractivity contribution in [1.82, 2.24) is 9.38 Å². The van der Waals surface area contributed by atoms with Crippen LogP contribution < -0.4 is 10.1 Å². The summed E-state index contributed by atoms with van der Waals surface area (Å²) in [5.74, 6) is 1.66. The summed E-state index contributed by atoms with van der Waals surface area (Å²) in [4.78, 5) is 4.37. The zero-order chi connectivity index (χ0) is 10.8. The molecule has 0 fully saturated rings. The lowest BCUT2D eigenvalue weighted by molar-refractivity contribution is 0.230. The standard InChI is InChI=1S/C11H15N3O/c1-8(2)15-11-6-4-5-10-13-9(12-3)7-14(10)11/h4-8,12H,1-3H3. The van der Waals surface area contributed by atoms with Crippen molar-refractivity contribution < 1.29 is 4.74 Å². The van der Waals surface area contributed by atoms with E-state index in [1.165, 1.54) is 0 Å². The zero-order valence-electron chi connectivity index (χ0n) is 9.19. The van der Waals surface area contributed by atoms with Crippen LogP contribution in [0.1, 0.15) is 13.8 Å². The Morgan fingerprint density at radius 3 is 2.87 bits per heavy atom. The van der Waals surface area contributed by atoms with E-state index in [0.29, 0.717) is 0 Å². The first kappa shape index (κ1) is 9.83. The number of aromatic nitrogens is 2. The van der Waals surface area contributed by atoms with E-state index in [0.717, 1.165) is 17.3 Å². The van der Waals surface area contributed by atoms with Crippen molar-refractivity contribution in [2.75, 3.05) is 12.4 Å². The Hall–Kier alpha value is -1.71. The average molecular weight is 205 g/mol. The van der Waals surface area contributed by atoms with Crippen molar-refractivity contribution in [3.63, 3.8) is 0 Å². The number of fused-ring (bicyclic) bond motifs is 1. The molecular formula is C11H15N3O. The molecule has 0 saturated carbocycles. The van der Waals surface area contributed by atoms with Gasteiger partial charge in [0.05, 0.1) is 12.3 Å². The molecule has 0 aliphatic heterocycles. The lowest BCUT2D eigenvalue weighted by Crippen LogP contribution is -2.08. The molecule has 80 valence electrons. The molecule has 0 saturated heterocycles. The van der Waals surface area contributed by atoms with Gasteiger partial charge in [0.15, 0.2) is 5.88 Å². The maximum atomic E-state index is 5.68. The zero-order valence-corrected chi connectivity index (χ0v) is 9.19. The average Bonchev–Trinajstić information content (AvgIpc) is 2.61. The number of nitrogens with one attached hydrogen (secondary N) is 1. The van der Waals surface area contributed by atoms with Gasteiger partial charge in [-0.2, -0.15) is 0 Å². The van der Waals surface area contributed by atoms with Gasteiger partial charge >= 0.3 is 0 Å². The molecule has 0 unspecified atom stereocenters. The highest BCUT2D eigenvalue weighted by molar-refractivity contribution is 5.50. The second-order valence-corrected chi connectivity index (χ2v) is 3.63. The molecule has 0 radical (unpaired) electrons. The number of pyridine rings is 1. The topological polar surface area (TPSA) is 38.6 Å². The lowest BCUT2D eigenvalue weighted by Gasteiger charge is -2.10. The summed E-state index contributed by atoms with van der Waals surface area (Å²) in [7, 11) is 1.85. The van der Waals surface area contributed by atoms with Crippen LogP contribution in [0.4, 0.5) is 5.82 Å². The van der Waals surface area contributed by atoms with Crippen LogP contribution in [0, 0.1) is 0 Å². The van der Waals surface area contributed by atoms with Crippen LogP contribution in [-0.2, 0) is 0 Å². The number of hydrogen-bond acceptors (Lipinski definition) is 3. The molecule has 0 aliphatic rings. The van der Waals surface area contributed by atoms with Gasteiger partial charge in [-0.25, -0.2) is 4.98 Å². The number of rotatable bonds is 3. The van der Waals surface area contributed by atoms with E-state index < -0.39 is 0 Å². The van der Waals surface area contributed by atoms with Crippen LogP contribution in [0.25, 0.3) is 5.65 Å². The van der Waals surface area contributed by atoms with Crippen LogP contribution in [-0.4, -0.2) is 22.5 Å². The molecule has 2 aromatic rings. The maximum absolute atomic E-state index is 5.68. The molecule has 2 aromatic heterocycles. The van der Waals surface area contributed by atoms with Crippen molar-refractivity contribution in [3.8, 4) is 5.88 Å². The molecule has 0 atom stereocenters. The van der Waals surface area contributed by atoms with E-state index in [9.17, 15) is 0 Å². The molecule has 15 heavy (non-hydrogen) atoms. The van der Waals surface area contributed by atoms with Gasteiger partial charge in [-0.3, -0.25) is 4.40 Å². The fourth-order valence-corrected chi connectivity index (χ4v) is 1.44. The van der Waals surface area contributed by atoms with Gasteiger partial charge in [0.25, 0.3) is 0 Å². The van der Waals surface area contributed by atoms with Crippen molar-refractivity contribution in [3.05, 3.63) is 24.4 Å². The van der Waals surface area contributed by atoms with Gasteiger partial charge in [-0.05, 0) is 26.0 Å². The molecule has 4 heteroatoms. The fourth-order valence-electron chi connectivity index (χ4n) is 1.44. The van der Waals surface area contributed by atoms with Crippen molar-refractivity contribution in [2.24, 2.45) is 0 Å². The molecule has 2 heterocycles. The molecule has 0 aromatic carbocycles. The van der Waals surface area contributed by atoms with Crippen LogP contribution in [0.3, 0.4) is 0 Å². The number of hydrogen-bond donors (Lipinski definition) is 1. The molecule has 2 rings (SSSR count). The van der Waals surface area contributed by atoms with Crippen LogP contribution >= 0.6 is 0 Å². The first-order chi connectivity index (χ1) is 7.20. The summed E-state index contributed by atoms with van der Waals surface area (Å²) in [5, 5.41) is 3.01. The van der Waals surface area contributed by atoms with E-state index in [1.54, 1.807) is 0 Å². The Kier molecular flexibility index (Phi) is 2.49. The molecule has 0 bridgehead atoms. The predicted molar refractivity (Wildman–Crippen MR) is 60.5 cm³/mol. The molecule has 0 spiro atoms. The van der Waals surface area contributed by atoms with Crippen molar-refractivity contribution >= 4 is 11.5 Å². The quantitative estimate of drug-likeness (QED) is 0.834. The lowest BCUT2D eigenvalue weighted by atomic mass is 10.4. The number of ether oxygens (including phenoxy) is 1. The first-order valence-electron chi connectivity index (χ1n) is 5.03. The van der Waals surface area contributed by atoms with Crippen LogP contribution in [0.15, 0.2) is 24.4 Å². The van der Waals surface area contributed by atoms with E-state index in [2.05, 4.69) is 10.3 Å². The van der Waals surface area contributed by atoms with Gasteiger partial charge in [0, 0.05) is 7.05 Å². The number of nitrogens with zero attached hydrogens (tertiary/aromatic N) is 2. The highest BCUT2D eigenvalue weighted by Crippen LogP contribution is 2.18. The van der Waals surface area contributed by atoms with E-state index >= 15 is 0 Å². The van der Waals surface area contributed by atoms with Crippen LogP contribution in [0.5, 0.6) is 5.88 Å². The Morgan fingerprint density at radius 1 is 1.40 bits per heavy atom. The molecule has 4 nitrogen and oxygen atoms in total. The van der Waals surface area contributed by atoms with E-state index in [-0.39, 0.29) is 6.10 Å². The summed E-state index contributed by atoms with van der Waals surface area (Å²) in [6.07, 6.45) is 2.09. The smallest absolute Gasteiger partial charge is 0.199 e. The minimum Gasteiger partial charge on any atom is -0.476 e. The SMILES string of the molecule is CNc1cn2c(OC(C)C)cccc2n1. The Bertz CT molecular complexity index is 462. The summed E-state index contributed by atoms with van der Waals surface area (Å²) in [6.45, 7) is 4.02. The summed E-state index contributed by atoms with van der Waals surface area (Å²) >= 11 is 0. The highest BCUT2D eigenvalue weighted by atomic mass is 16.5. The largest absolute Gasteiger partial charge is 0.476 e. The molecule has 1 N–H and O–H groups in total. The second-order valence-electron chi connectivity index (χ2n) is 3.63. The van der Waals surface area contributed by atoms with Gasteiger partial charge < -0.3 is 10.1 Å². The van der Waals surface area contributed by atoms with Crippen molar-refractivity contribution in [1.29, 1.82) is 0 Å². The van der Waals surface area contributed by atoms with Crippen LogP contribution in [0.2, 0.25) is 0 Å². The molecular weight excluding hydrogens is 190 g/mol. The number of imidazole rings is 1. The normalized spacial score (nSPS) is 10.9. The minimum absolute atomic E-state index is 0.163. The van der Waals surface area contributed by atoms with Crippen molar-refractivity contribution in [2.45, 2.75) is 20.0 Å². The monoisotopic (exact) mass is 205 g/mol. The van der Waals surface area contributed by atoms with Gasteiger partial charge in [-0.15, -0.1) is 0 Å². The Morgan fingerprint density at radius 2 is 2.20 bits per heavy atom. The minimum atomic E-state index is 0.163. The molecule has 0 aliphatic carbocycles. The van der Waals surface area contributed by atoms with Gasteiger partial charge in [-0.1, -0.05) is 6.07 Å². The third-order valence-electron chi connectivity index (χ3n) is 2.07. The Balaban J connectivity index is 2.49.